The van der Waals surface area contributed by atoms with E-state index in [1.54, 1.807) is 13.8 Å². The lowest BCUT2D eigenvalue weighted by atomic mass is 9.81. The summed E-state index contributed by atoms with van der Waals surface area (Å²) < 4.78 is 0. The molecule has 0 aliphatic rings. The molecule has 0 fully saturated rings. The van der Waals surface area contributed by atoms with Gasteiger partial charge in [-0.3, -0.25) is 14.4 Å². The first-order valence-corrected chi connectivity index (χ1v) is 12.5. The number of nitrogens with one attached hydrogen (secondary N) is 2. The smallest absolute Gasteiger partial charge is 0.155 e. The van der Waals surface area contributed by atoms with Gasteiger partial charge in [-0.05, 0) is 68.2 Å². The summed E-state index contributed by atoms with van der Waals surface area (Å²) in [6.07, 6.45) is 2.08. The largest absolute Gasteiger partial charge is 0.303 e. The van der Waals surface area contributed by atoms with E-state index in [2.05, 4.69) is 10.6 Å². The lowest BCUT2D eigenvalue weighted by molar-refractivity contribution is -0.130. The molecule has 2 atom stereocenters. The van der Waals surface area contributed by atoms with Gasteiger partial charge in [0.2, 0.25) is 0 Å². The van der Waals surface area contributed by atoms with Gasteiger partial charge in [-0.15, -0.1) is 0 Å². The fourth-order valence-electron chi connectivity index (χ4n) is 3.21. The summed E-state index contributed by atoms with van der Waals surface area (Å²) >= 11 is 0. The minimum Gasteiger partial charge on any atom is -0.303 e. The highest BCUT2D eigenvalue weighted by molar-refractivity contribution is 5.90. The molecule has 0 aromatic carbocycles. The average molecular weight is 483 g/mol. The van der Waals surface area contributed by atoms with Crippen molar-refractivity contribution in [3.8, 4) is 0 Å². The second-order valence-electron chi connectivity index (χ2n) is 13.6. The number of carbonyl (C=O) groups excluding carboxylic acids is 4. The fourth-order valence-corrected chi connectivity index (χ4v) is 3.21. The fraction of sp³-hybridized carbons (Fsp3) is 0.857. The van der Waals surface area contributed by atoms with Crippen molar-refractivity contribution in [1.29, 1.82) is 0 Å². The second-order valence-corrected chi connectivity index (χ2v) is 13.6. The number of ketones is 4. The van der Waals surface area contributed by atoms with E-state index >= 15 is 0 Å². The third-order valence-electron chi connectivity index (χ3n) is 5.04. The number of hydrogen-bond donors (Lipinski definition) is 2. The minimum absolute atomic E-state index is 0.0902. The molecule has 0 aliphatic heterocycles. The van der Waals surface area contributed by atoms with Crippen molar-refractivity contribution in [3.63, 3.8) is 0 Å². The van der Waals surface area contributed by atoms with Crippen LogP contribution in [0.15, 0.2) is 0 Å². The van der Waals surface area contributed by atoms with Gasteiger partial charge < -0.3 is 15.4 Å². The van der Waals surface area contributed by atoms with E-state index in [9.17, 15) is 19.2 Å². The topological polar surface area (TPSA) is 92.3 Å². The molecule has 0 aromatic heterocycles. The Kier molecular flexibility index (Phi) is 13.9. The van der Waals surface area contributed by atoms with E-state index in [0.29, 0.717) is 25.7 Å². The van der Waals surface area contributed by atoms with Gasteiger partial charge in [-0.2, -0.15) is 0 Å². The van der Waals surface area contributed by atoms with Crippen LogP contribution in [0, 0.1) is 10.8 Å². The predicted molar refractivity (Wildman–Crippen MR) is 142 cm³/mol. The van der Waals surface area contributed by atoms with Crippen LogP contribution in [0.3, 0.4) is 0 Å². The normalized spacial score (nSPS) is 14.5. The number of rotatable bonds is 10. The van der Waals surface area contributed by atoms with E-state index in [-0.39, 0.29) is 51.7 Å². The Morgan fingerprint density at radius 3 is 1.26 bits per heavy atom. The van der Waals surface area contributed by atoms with E-state index in [1.807, 2.05) is 83.1 Å². The quantitative estimate of drug-likeness (QED) is 0.430. The Morgan fingerprint density at radius 1 is 0.588 bits per heavy atom. The molecule has 0 spiro atoms. The molecule has 2 N–H and O–H groups in total. The molecule has 6 heteroatoms. The van der Waals surface area contributed by atoms with Crippen LogP contribution in [-0.4, -0.2) is 46.3 Å². The van der Waals surface area contributed by atoms with Gasteiger partial charge in [0.1, 0.15) is 17.3 Å². The first-order valence-electron chi connectivity index (χ1n) is 12.5. The maximum atomic E-state index is 12.5. The highest BCUT2D eigenvalue weighted by atomic mass is 16.1. The molecule has 0 saturated heterocycles. The van der Waals surface area contributed by atoms with Crippen LogP contribution in [0.4, 0.5) is 0 Å². The minimum atomic E-state index is -0.395. The van der Waals surface area contributed by atoms with Crippen molar-refractivity contribution >= 4 is 23.1 Å². The van der Waals surface area contributed by atoms with Gasteiger partial charge >= 0.3 is 0 Å². The van der Waals surface area contributed by atoms with Crippen molar-refractivity contribution in [3.05, 3.63) is 0 Å². The first-order chi connectivity index (χ1) is 14.9. The predicted octanol–water partition coefficient (Wildman–Crippen LogP) is 5.46. The number of Topliss-reactive ketones (excluding diaryl/α,β-unsaturated/α-hetero) is 4. The molecule has 0 rings (SSSR count). The third-order valence-corrected chi connectivity index (χ3v) is 5.04. The molecule has 0 aromatic rings. The van der Waals surface area contributed by atoms with Gasteiger partial charge in [-0.25, -0.2) is 0 Å². The first kappa shape index (κ1) is 34.8. The standard InChI is InChI=1S/C17H33NO2.C11H21NO2/c1-15(2,3)13(19)11-10-12(18-17(7,8)9)14(20)16(4,5)6;1-8(13)6-7-10(9(2)14)12-11(3,4)5/h12,18H,10-11H2,1-9H3;10,12H,6-7H2,1-5H3. The molecule has 0 aliphatic carbocycles. The maximum Gasteiger partial charge on any atom is 0.155 e. The molecule has 34 heavy (non-hydrogen) atoms. The maximum absolute atomic E-state index is 12.5. The molecular formula is C28H54N2O4. The Morgan fingerprint density at radius 2 is 0.971 bits per heavy atom. The summed E-state index contributed by atoms with van der Waals surface area (Å²) in [5.41, 5.74) is -0.964. The summed E-state index contributed by atoms with van der Waals surface area (Å²) in [6.45, 7) is 26.8. The molecule has 2 unspecified atom stereocenters. The zero-order valence-electron chi connectivity index (χ0n) is 24.6. The molecule has 0 bridgehead atoms. The highest BCUT2D eigenvalue weighted by Gasteiger charge is 2.33. The average Bonchev–Trinajstić information content (AvgIpc) is 2.57. The zero-order valence-corrected chi connectivity index (χ0v) is 24.6. The third kappa shape index (κ3) is 18.0. The summed E-state index contributed by atoms with van der Waals surface area (Å²) in [5, 5.41) is 6.58. The molecular weight excluding hydrogens is 428 g/mol. The summed E-state index contributed by atoms with van der Waals surface area (Å²) in [7, 11) is 0. The van der Waals surface area contributed by atoms with Crippen molar-refractivity contribution in [2.75, 3.05) is 0 Å². The van der Waals surface area contributed by atoms with Crippen molar-refractivity contribution in [1.82, 2.24) is 10.6 Å². The van der Waals surface area contributed by atoms with Crippen LogP contribution in [0.5, 0.6) is 0 Å². The molecule has 0 radical (unpaired) electrons. The Balaban J connectivity index is 0. The van der Waals surface area contributed by atoms with Crippen molar-refractivity contribution in [2.24, 2.45) is 10.8 Å². The van der Waals surface area contributed by atoms with Gasteiger partial charge in [-0.1, -0.05) is 41.5 Å². The van der Waals surface area contributed by atoms with E-state index in [1.165, 1.54) is 0 Å². The van der Waals surface area contributed by atoms with Gasteiger partial charge in [0.05, 0.1) is 12.1 Å². The van der Waals surface area contributed by atoms with Gasteiger partial charge in [0.15, 0.2) is 5.78 Å². The monoisotopic (exact) mass is 482 g/mol. The SMILES string of the molecule is CC(=O)CCC(NC(C)(C)C)C(C)=O.CC(C)(C)NC(CCC(=O)C(C)(C)C)C(=O)C(C)(C)C. The molecule has 0 amide bonds. The van der Waals surface area contributed by atoms with E-state index < -0.39 is 5.41 Å². The van der Waals surface area contributed by atoms with Gasteiger partial charge in [0.25, 0.3) is 0 Å². The van der Waals surface area contributed by atoms with Crippen LogP contribution < -0.4 is 10.6 Å². The molecule has 6 nitrogen and oxygen atoms in total. The van der Waals surface area contributed by atoms with Gasteiger partial charge in [0, 0.05) is 34.7 Å². The molecule has 0 saturated carbocycles. The van der Waals surface area contributed by atoms with Crippen molar-refractivity contribution < 1.29 is 19.2 Å². The van der Waals surface area contributed by atoms with Crippen LogP contribution >= 0.6 is 0 Å². The zero-order chi connectivity index (χ0) is 27.7. The Labute approximate surface area is 209 Å². The lowest BCUT2D eigenvalue weighted by Gasteiger charge is -2.32. The van der Waals surface area contributed by atoms with E-state index in [0.717, 1.165) is 0 Å². The summed E-state index contributed by atoms with van der Waals surface area (Å²) in [5.74, 6) is 0.613. The number of carbonyl (C=O) groups is 4. The van der Waals surface area contributed by atoms with Crippen LogP contribution in [0.25, 0.3) is 0 Å². The van der Waals surface area contributed by atoms with Crippen molar-refractivity contribution in [2.45, 2.75) is 146 Å². The lowest BCUT2D eigenvalue weighted by Crippen LogP contribution is -2.51. The number of hydrogen-bond acceptors (Lipinski definition) is 6. The Hall–Kier alpha value is -1.40. The Bertz CT molecular complexity index is 683. The van der Waals surface area contributed by atoms with Crippen LogP contribution in [0.1, 0.15) is 123 Å². The highest BCUT2D eigenvalue weighted by Crippen LogP contribution is 2.23. The molecule has 0 heterocycles. The summed E-state index contributed by atoms with van der Waals surface area (Å²) in [4.78, 5) is 46.7. The van der Waals surface area contributed by atoms with Crippen LogP contribution in [0.2, 0.25) is 0 Å². The summed E-state index contributed by atoms with van der Waals surface area (Å²) in [6, 6.07) is -0.458. The second kappa shape index (κ2) is 13.6. The van der Waals surface area contributed by atoms with E-state index in [4.69, 9.17) is 0 Å². The molecule has 200 valence electrons. The van der Waals surface area contributed by atoms with Crippen LogP contribution in [-0.2, 0) is 19.2 Å².